The third-order valence-electron chi connectivity index (χ3n) is 7.54. The highest BCUT2D eigenvalue weighted by Crippen LogP contribution is 2.20. The second-order valence-electron chi connectivity index (χ2n) is 12.0. The summed E-state index contributed by atoms with van der Waals surface area (Å²) in [7, 11) is 0. The number of rotatable bonds is 21. The van der Waals surface area contributed by atoms with E-state index in [0.717, 1.165) is 51.4 Å². The molecule has 0 spiro atoms. The average Bonchev–Trinajstić information content (AvgIpc) is 3.01. The van der Waals surface area contributed by atoms with E-state index in [2.05, 4.69) is 13.8 Å². The van der Waals surface area contributed by atoms with E-state index in [1.165, 1.54) is 12.8 Å². The third kappa shape index (κ3) is 15.7. The molecule has 8 heteroatoms. The van der Waals surface area contributed by atoms with Crippen LogP contribution in [-0.4, -0.2) is 36.1 Å². The van der Waals surface area contributed by atoms with E-state index in [1.54, 1.807) is 48.5 Å². The highest BCUT2D eigenvalue weighted by molar-refractivity contribution is 5.90. The van der Waals surface area contributed by atoms with Crippen molar-refractivity contribution in [3.05, 3.63) is 59.7 Å². The summed E-state index contributed by atoms with van der Waals surface area (Å²) >= 11 is 0. The second-order valence-corrected chi connectivity index (χ2v) is 12.0. The number of hydrogen-bond donors (Lipinski definition) is 0. The maximum absolute atomic E-state index is 12.4. The quantitative estimate of drug-likeness (QED) is 0.0770. The van der Waals surface area contributed by atoms with Crippen LogP contribution in [0.5, 0.6) is 11.5 Å². The molecule has 0 aromatic heterocycles. The predicted molar refractivity (Wildman–Crippen MR) is 174 cm³/mol. The van der Waals surface area contributed by atoms with Gasteiger partial charge in [0, 0.05) is 12.8 Å². The summed E-state index contributed by atoms with van der Waals surface area (Å²) in [4.78, 5) is 49.6. The normalized spacial score (nSPS) is 12.9. The van der Waals surface area contributed by atoms with Gasteiger partial charge in [-0.2, -0.15) is 0 Å². The molecule has 0 aliphatic rings. The minimum Gasteiger partial charge on any atom is -0.459 e. The highest BCUT2D eigenvalue weighted by atomic mass is 16.6. The molecular formula is C37H52O8. The van der Waals surface area contributed by atoms with Gasteiger partial charge >= 0.3 is 23.9 Å². The fraction of sp³-hybridized carbons (Fsp3) is 0.568. The Morgan fingerprint density at radius 1 is 0.556 bits per heavy atom. The van der Waals surface area contributed by atoms with Crippen molar-refractivity contribution in [3.8, 4) is 11.5 Å². The molecule has 45 heavy (non-hydrogen) atoms. The van der Waals surface area contributed by atoms with E-state index in [0.29, 0.717) is 29.0 Å². The van der Waals surface area contributed by atoms with Crippen molar-refractivity contribution in [3.63, 3.8) is 0 Å². The van der Waals surface area contributed by atoms with E-state index in [1.807, 2.05) is 20.8 Å². The lowest BCUT2D eigenvalue weighted by atomic mass is 10.0. The largest absolute Gasteiger partial charge is 0.459 e. The van der Waals surface area contributed by atoms with E-state index in [9.17, 15) is 19.2 Å². The Kier molecular flexibility index (Phi) is 17.6. The minimum absolute atomic E-state index is 0.112. The molecule has 0 fully saturated rings. The van der Waals surface area contributed by atoms with Crippen LogP contribution in [0, 0.1) is 5.92 Å². The molecule has 0 N–H and O–H groups in total. The first kappa shape index (κ1) is 37.5. The van der Waals surface area contributed by atoms with Gasteiger partial charge < -0.3 is 18.9 Å². The van der Waals surface area contributed by atoms with Crippen molar-refractivity contribution < 1.29 is 38.1 Å². The number of carbonyl (C=O) groups is 4. The Balaban J connectivity index is 1.69. The van der Waals surface area contributed by atoms with E-state index < -0.39 is 23.9 Å². The summed E-state index contributed by atoms with van der Waals surface area (Å²) in [6.07, 6.45) is 11.1. The third-order valence-corrected chi connectivity index (χ3v) is 7.54. The highest BCUT2D eigenvalue weighted by Gasteiger charge is 2.17. The molecule has 248 valence electrons. The molecule has 2 aromatic carbocycles. The SMILES string of the molecule is CCCCCC[C@H](C)OC(=O)c1ccc(OC(=O)CC[C@@H](C)CC(=O)Oc2ccc(C(=O)O[C@@H](C)CCCCCC)cc2)cc1. The van der Waals surface area contributed by atoms with Crippen LogP contribution in [0.2, 0.25) is 0 Å². The topological polar surface area (TPSA) is 105 Å². The number of carbonyl (C=O) groups excluding carboxylic acids is 4. The van der Waals surface area contributed by atoms with Crippen LogP contribution < -0.4 is 9.47 Å². The summed E-state index contributed by atoms with van der Waals surface area (Å²) in [5.41, 5.74) is 0.805. The van der Waals surface area contributed by atoms with Crippen LogP contribution in [0.15, 0.2) is 48.5 Å². The van der Waals surface area contributed by atoms with Crippen molar-refractivity contribution in [2.24, 2.45) is 5.92 Å². The van der Waals surface area contributed by atoms with Crippen LogP contribution >= 0.6 is 0 Å². The number of esters is 4. The Labute approximate surface area is 269 Å². The fourth-order valence-corrected chi connectivity index (χ4v) is 4.76. The van der Waals surface area contributed by atoms with Gasteiger partial charge in [-0.25, -0.2) is 9.59 Å². The number of benzene rings is 2. The van der Waals surface area contributed by atoms with E-state index in [-0.39, 0.29) is 31.0 Å². The molecule has 0 unspecified atom stereocenters. The van der Waals surface area contributed by atoms with Gasteiger partial charge in [-0.3, -0.25) is 9.59 Å². The zero-order valence-electron chi connectivity index (χ0n) is 27.8. The summed E-state index contributed by atoms with van der Waals surface area (Å²) in [6, 6.07) is 12.6. The summed E-state index contributed by atoms with van der Waals surface area (Å²) in [5, 5.41) is 0. The van der Waals surface area contributed by atoms with Gasteiger partial charge in [0.05, 0.1) is 23.3 Å². The number of ether oxygens (including phenoxy) is 4. The molecule has 2 rings (SSSR count). The Morgan fingerprint density at radius 3 is 1.40 bits per heavy atom. The fourth-order valence-electron chi connectivity index (χ4n) is 4.76. The van der Waals surface area contributed by atoms with Gasteiger partial charge in [0.25, 0.3) is 0 Å². The molecule has 0 radical (unpaired) electrons. The molecule has 3 atom stereocenters. The van der Waals surface area contributed by atoms with Gasteiger partial charge in [-0.1, -0.05) is 59.3 Å². The van der Waals surface area contributed by atoms with Crippen molar-refractivity contribution in [2.75, 3.05) is 0 Å². The van der Waals surface area contributed by atoms with Crippen molar-refractivity contribution in [2.45, 2.75) is 130 Å². The molecule has 2 aromatic rings. The molecule has 0 aliphatic heterocycles. The number of hydrogen-bond acceptors (Lipinski definition) is 8. The summed E-state index contributed by atoms with van der Waals surface area (Å²) in [6.45, 7) is 9.98. The standard InChI is InChI=1S/C37H52O8/c1-6-8-10-12-14-28(4)42-36(40)30-17-21-32(22-18-30)44-34(38)25-16-27(3)26-35(39)45-33-23-19-31(20-24-33)37(41)43-29(5)15-13-11-9-7-2/h17-24,27-29H,6-16,25-26H2,1-5H3/t27-,28+,29+/m1/s1. The van der Waals surface area contributed by atoms with Gasteiger partial charge in [-0.05, 0) is 100 Å². The first-order valence-corrected chi connectivity index (χ1v) is 16.6. The van der Waals surface area contributed by atoms with Crippen molar-refractivity contribution in [1.82, 2.24) is 0 Å². The maximum Gasteiger partial charge on any atom is 0.338 e. The lowest BCUT2D eigenvalue weighted by Gasteiger charge is -2.14. The zero-order chi connectivity index (χ0) is 33.0. The summed E-state index contributed by atoms with van der Waals surface area (Å²) in [5.74, 6) is -1.08. The van der Waals surface area contributed by atoms with Gasteiger partial charge in [0.2, 0.25) is 0 Å². The molecular weight excluding hydrogens is 572 g/mol. The van der Waals surface area contributed by atoms with Crippen LogP contribution in [-0.2, 0) is 19.1 Å². The van der Waals surface area contributed by atoms with E-state index >= 15 is 0 Å². The van der Waals surface area contributed by atoms with Crippen LogP contribution in [0.1, 0.15) is 139 Å². The monoisotopic (exact) mass is 624 g/mol. The smallest absolute Gasteiger partial charge is 0.338 e. The zero-order valence-corrected chi connectivity index (χ0v) is 27.8. The summed E-state index contributed by atoms with van der Waals surface area (Å²) < 4.78 is 21.8. The molecule has 0 aliphatic carbocycles. The first-order chi connectivity index (χ1) is 21.6. The second kappa shape index (κ2) is 21.1. The molecule has 0 amide bonds. The Morgan fingerprint density at radius 2 is 0.978 bits per heavy atom. The Hall–Kier alpha value is -3.68. The first-order valence-electron chi connectivity index (χ1n) is 16.6. The van der Waals surface area contributed by atoms with Gasteiger partial charge in [0.15, 0.2) is 0 Å². The van der Waals surface area contributed by atoms with Crippen molar-refractivity contribution >= 4 is 23.9 Å². The van der Waals surface area contributed by atoms with E-state index in [4.69, 9.17) is 18.9 Å². The van der Waals surface area contributed by atoms with Crippen LogP contribution in [0.4, 0.5) is 0 Å². The predicted octanol–water partition coefficient (Wildman–Crippen LogP) is 9.04. The minimum atomic E-state index is -0.427. The maximum atomic E-state index is 12.4. The Bertz CT molecular complexity index is 1170. The van der Waals surface area contributed by atoms with Gasteiger partial charge in [-0.15, -0.1) is 0 Å². The van der Waals surface area contributed by atoms with Crippen LogP contribution in [0.3, 0.4) is 0 Å². The van der Waals surface area contributed by atoms with Crippen LogP contribution in [0.25, 0.3) is 0 Å². The lowest BCUT2D eigenvalue weighted by molar-refractivity contribution is -0.137. The molecule has 0 saturated carbocycles. The molecule has 0 saturated heterocycles. The molecule has 0 heterocycles. The number of unbranched alkanes of at least 4 members (excludes halogenated alkanes) is 6. The van der Waals surface area contributed by atoms with Gasteiger partial charge in [0.1, 0.15) is 11.5 Å². The molecule has 8 nitrogen and oxygen atoms in total. The average molecular weight is 625 g/mol. The lowest BCUT2D eigenvalue weighted by Crippen LogP contribution is -2.16. The molecule has 0 bridgehead atoms. The van der Waals surface area contributed by atoms with Crippen molar-refractivity contribution in [1.29, 1.82) is 0 Å².